The van der Waals surface area contributed by atoms with Crippen LogP contribution in [0, 0.1) is 5.82 Å². The van der Waals surface area contributed by atoms with Gasteiger partial charge in [-0.05, 0) is 17.7 Å². The lowest BCUT2D eigenvalue weighted by Gasteiger charge is -2.05. The van der Waals surface area contributed by atoms with Crippen LogP contribution in [-0.4, -0.2) is 25.5 Å². The van der Waals surface area contributed by atoms with Crippen molar-refractivity contribution in [1.29, 1.82) is 0 Å². The van der Waals surface area contributed by atoms with Crippen molar-refractivity contribution in [3.63, 3.8) is 0 Å². The van der Waals surface area contributed by atoms with Crippen molar-refractivity contribution in [3.8, 4) is 0 Å². The summed E-state index contributed by atoms with van der Waals surface area (Å²) in [5, 5.41) is 11.6. The van der Waals surface area contributed by atoms with Crippen molar-refractivity contribution in [2.75, 3.05) is 5.32 Å². The molecule has 9 heteroatoms. The van der Waals surface area contributed by atoms with Crippen LogP contribution in [0.4, 0.5) is 10.2 Å². The monoisotopic (exact) mass is 367 g/mol. The number of amides is 1. The van der Waals surface area contributed by atoms with Crippen molar-refractivity contribution in [2.45, 2.75) is 13.1 Å². The van der Waals surface area contributed by atoms with Crippen molar-refractivity contribution < 1.29 is 9.18 Å². The van der Waals surface area contributed by atoms with Gasteiger partial charge in [0.25, 0.3) is 0 Å². The molecule has 0 aliphatic heterocycles. The lowest BCUT2D eigenvalue weighted by molar-refractivity contribution is -0.116. The minimum absolute atomic E-state index is 0.0311. The fourth-order valence-electron chi connectivity index (χ4n) is 2.10. The van der Waals surface area contributed by atoms with Crippen LogP contribution in [0.5, 0.6) is 0 Å². The smallest absolute Gasteiger partial charge is 0.247 e. The molecular weight excluding hydrogens is 356 g/mol. The molecule has 3 aromatic rings. The molecule has 0 fully saturated rings. The standard InChI is InChI=1S/C15H12Cl2FN5O/c16-11-6-19-23(8-11)9-15(24)20-14-3-4-22(21-14)7-10-1-2-12(18)5-13(10)17/h1-6,8H,7,9H2,(H,20,21,24). The van der Waals surface area contributed by atoms with Gasteiger partial charge in [-0.1, -0.05) is 29.3 Å². The molecule has 0 aliphatic rings. The van der Waals surface area contributed by atoms with Crippen LogP contribution in [0.3, 0.4) is 0 Å². The molecule has 6 nitrogen and oxygen atoms in total. The number of halogens is 3. The minimum Gasteiger partial charge on any atom is -0.308 e. The van der Waals surface area contributed by atoms with E-state index < -0.39 is 5.82 Å². The predicted octanol–water partition coefficient (Wildman–Crippen LogP) is 3.21. The summed E-state index contributed by atoms with van der Waals surface area (Å²) < 4.78 is 16.1. The van der Waals surface area contributed by atoms with Crippen molar-refractivity contribution >= 4 is 34.9 Å². The SMILES string of the molecule is O=C(Cn1cc(Cl)cn1)Nc1ccn(Cc2ccc(F)cc2Cl)n1. The highest BCUT2D eigenvalue weighted by molar-refractivity contribution is 6.31. The van der Waals surface area contributed by atoms with E-state index in [-0.39, 0.29) is 12.5 Å². The van der Waals surface area contributed by atoms with Crippen LogP contribution in [0.25, 0.3) is 0 Å². The molecule has 0 saturated carbocycles. The zero-order valence-corrected chi connectivity index (χ0v) is 13.8. The number of carbonyl (C=O) groups is 1. The molecule has 3 rings (SSSR count). The Morgan fingerprint density at radius 1 is 1.25 bits per heavy atom. The Hall–Kier alpha value is -2.38. The molecule has 2 aromatic heterocycles. The summed E-state index contributed by atoms with van der Waals surface area (Å²) in [6.07, 6.45) is 4.70. The first kappa shape index (κ1) is 16.5. The van der Waals surface area contributed by atoms with Gasteiger partial charge < -0.3 is 5.32 Å². The first-order valence-electron chi connectivity index (χ1n) is 6.95. The van der Waals surface area contributed by atoms with Crippen LogP contribution in [0.1, 0.15) is 5.56 Å². The van der Waals surface area contributed by atoms with Crippen LogP contribution < -0.4 is 5.32 Å². The number of nitrogens with zero attached hydrogens (tertiary/aromatic N) is 4. The molecule has 1 aromatic carbocycles. The zero-order chi connectivity index (χ0) is 17.1. The number of rotatable bonds is 5. The number of anilines is 1. The normalized spacial score (nSPS) is 10.8. The van der Waals surface area contributed by atoms with Gasteiger partial charge in [-0.25, -0.2) is 4.39 Å². The first-order valence-corrected chi connectivity index (χ1v) is 7.70. The molecule has 0 aliphatic carbocycles. The Kier molecular flexibility index (Phi) is 4.82. The van der Waals surface area contributed by atoms with Crippen molar-refractivity contribution in [1.82, 2.24) is 19.6 Å². The third-order valence-corrected chi connectivity index (χ3v) is 3.71. The van der Waals surface area contributed by atoms with Gasteiger partial charge in [-0.15, -0.1) is 0 Å². The molecule has 2 heterocycles. The molecule has 0 spiro atoms. The van der Waals surface area contributed by atoms with Gasteiger partial charge in [0.15, 0.2) is 5.82 Å². The van der Waals surface area contributed by atoms with Gasteiger partial charge in [-0.3, -0.25) is 14.2 Å². The van der Waals surface area contributed by atoms with Gasteiger partial charge in [-0.2, -0.15) is 10.2 Å². The Morgan fingerprint density at radius 2 is 2.08 bits per heavy atom. The number of nitrogens with one attached hydrogen (secondary N) is 1. The van der Waals surface area contributed by atoms with E-state index in [0.717, 1.165) is 5.56 Å². The maximum Gasteiger partial charge on any atom is 0.247 e. The molecule has 1 amide bonds. The quantitative estimate of drug-likeness (QED) is 0.752. The second-order valence-corrected chi connectivity index (χ2v) is 5.88. The topological polar surface area (TPSA) is 64.7 Å². The van der Waals surface area contributed by atoms with E-state index in [2.05, 4.69) is 15.5 Å². The van der Waals surface area contributed by atoms with Crippen LogP contribution in [0.2, 0.25) is 10.0 Å². The highest BCUT2D eigenvalue weighted by Crippen LogP contribution is 2.18. The minimum atomic E-state index is -0.393. The molecule has 24 heavy (non-hydrogen) atoms. The number of hydrogen-bond donors (Lipinski definition) is 1. The van der Waals surface area contributed by atoms with Gasteiger partial charge in [0.2, 0.25) is 5.91 Å². The zero-order valence-electron chi connectivity index (χ0n) is 12.3. The summed E-state index contributed by atoms with van der Waals surface area (Å²) >= 11 is 11.7. The summed E-state index contributed by atoms with van der Waals surface area (Å²) in [7, 11) is 0. The molecule has 124 valence electrons. The molecular formula is C15H12Cl2FN5O. The highest BCUT2D eigenvalue weighted by atomic mass is 35.5. The van der Waals surface area contributed by atoms with E-state index in [1.165, 1.54) is 23.0 Å². The lowest BCUT2D eigenvalue weighted by Crippen LogP contribution is -2.19. The third-order valence-electron chi connectivity index (χ3n) is 3.16. The Labute approximate surface area is 146 Å². The first-order chi connectivity index (χ1) is 11.5. The maximum atomic E-state index is 13.0. The van der Waals surface area contributed by atoms with E-state index in [1.54, 1.807) is 29.2 Å². The van der Waals surface area contributed by atoms with Crippen molar-refractivity contribution in [3.05, 3.63) is 64.3 Å². The van der Waals surface area contributed by atoms with Crippen LogP contribution in [0.15, 0.2) is 42.9 Å². The van der Waals surface area contributed by atoms with Gasteiger partial charge >= 0.3 is 0 Å². The molecule has 1 N–H and O–H groups in total. The fraction of sp³-hybridized carbons (Fsp3) is 0.133. The maximum absolute atomic E-state index is 13.0. The summed E-state index contributed by atoms with van der Waals surface area (Å²) in [5.74, 6) is -0.271. The Morgan fingerprint density at radius 3 is 2.79 bits per heavy atom. The fourth-order valence-corrected chi connectivity index (χ4v) is 2.48. The van der Waals surface area contributed by atoms with E-state index in [1.807, 2.05) is 0 Å². The lowest BCUT2D eigenvalue weighted by atomic mass is 10.2. The van der Waals surface area contributed by atoms with Gasteiger partial charge in [0, 0.05) is 23.5 Å². The summed E-state index contributed by atoms with van der Waals surface area (Å²) in [4.78, 5) is 11.9. The second-order valence-electron chi connectivity index (χ2n) is 5.04. The average Bonchev–Trinajstić information content (AvgIpc) is 3.11. The molecule has 0 unspecified atom stereocenters. The van der Waals surface area contributed by atoms with E-state index in [9.17, 15) is 9.18 Å². The summed E-state index contributed by atoms with van der Waals surface area (Å²) in [6.45, 7) is 0.396. The number of hydrogen-bond acceptors (Lipinski definition) is 3. The second kappa shape index (κ2) is 7.02. The largest absolute Gasteiger partial charge is 0.308 e. The summed E-state index contributed by atoms with van der Waals surface area (Å²) in [6, 6.07) is 5.84. The number of carbonyl (C=O) groups excluding carboxylic acids is 1. The summed E-state index contributed by atoms with van der Waals surface area (Å²) in [5.41, 5.74) is 0.727. The number of benzene rings is 1. The molecule has 0 radical (unpaired) electrons. The molecule has 0 bridgehead atoms. The molecule has 0 atom stereocenters. The predicted molar refractivity (Wildman–Crippen MR) is 88.6 cm³/mol. The third kappa shape index (κ3) is 4.12. The van der Waals surface area contributed by atoms with Crippen molar-refractivity contribution in [2.24, 2.45) is 0 Å². The highest BCUT2D eigenvalue weighted by Gasteiger charge is 2.08. The van der Waals surface area contributed by atoms with Gasteiger partial charge in [0.05, 0.1) is 17.8 Å². The number of aromatic nitrogens is 4. The van der Waals surface area contributed by atoms with Crippen LogP contribution in [-0.2, 0) is 17.9 Å². The van der Waals surface area contributed by atoms with Crippen LogP contribution >= 0.6 is 23.2 Å². The average molecular weight is 368 g/mol. The van der Waals surface area contributed by atoms with E-state index in [4.69, 9.17) is 23.2 Å². The Bertz CT molecular complexity index is 876. The Balaban J connectivity index is 1.61. The van der Waals surface area contributed by atoms with E-state index >= 15 is 0 Å². The van der Waals surface area contributed by atoms with E-state index in [0.29, 0.717) is 22.4 Å². The van der Waals surface area contributed by atoms with Gasteiger partial charge in [0.1, 0.15) is 12.4 Å². The molecule has 0 saturated heterocycles.